The Labute approximate surface area is 155 Å². The standard InChI is InChI=1S/C20H17N3O4/c1-13-3-8-18-22-16(9-19(24)23(18)11-13)12-26-20(25)14(2)27-17-6-4-15(10-21)5-7-17/h3-9,11,14H,12H2,1-2H3/t14-/m1/s1. The molecule has 0 unspecified atom stereocenters. The van der Waals surface area contributed by atoms with Crippen LogP contribution in [-0.4, -0.2) is 21.5 Å². The van der Waals surface area contributed by atoms with E-state index in [1.54, 1.807) is 43.5 Å². The van der Waals surface area contributed by atoms with Gasteiger partial charge in [0.25, 0.3) is 5.56 Å². The third-order valence-corrected chi connectivity index (χ3v) is 3.85. The molecular formula is C20H17N3O4. The molecule has 2 aromatic heterocycles. The highest BCUT2D eigenvalue weighted by Gasteiger charge is 2.17. The van der Waals surface area contributed by atoms with E-state index in [4.69, 9.17) is 14.7 Å². The number of pyridine rings is 1. The Hall–Kier alpha value is -3.66. The maximum Gasteiger partial charge on any atom is 0.347 e. The Bertz CT molecular complexity index is 1080. The van der Waals surface area contributed by atoms with Gasteiger partial charge in [0.15, 0.2) is 6.10 Å². The number of benzene rings is 1. The topological polar surface area (TPSA) is 93.7 Å². The first-order valence-electron chi connectivity index (χ1n) is 8.28. The molecule has 0 radical (unpaired) electrons. The molecule has 0 aliphatic carbocycles. The molecule has 0 amide bonds. The molecule has 0 spiro atoms. The minimum Gasteiger partial charge on any atom is -0.479 e. The predicted molar refractivity (Wildman–Crippen MR) is 97.2 cm³/mol. The van der Waals surface area contributed by atoms with E-state index in [1.165, 1.54) is 10.5 Å². The number of aryl methyl sites for hydroxylation is 1. The van der Waals surface area contributed by atoms with Gasteiger partial charge < -0.3 is 9.47 Å². The fourth-order valence-electron chi connectivity index (χ4n) is 2.45. The molecule has 3 rings (SSSR count). The van der Waals surface area contributed by atoms with Crippen LogP contribution in [0.1, 0.15) is 23.7 Å². The number of carbonyl (C=O) groups is 1. The summed E-state index contributed by atoms with van der Waals surface area (Å²) in [5.41, 5.74) is 2.06. The smallest absolute Gasteiger partial charge is 0.347 e. The zero-order valence-electron chi connectivity index (χ0n) is 14.9. The van der Waals surface area contributed by atoms with Gasteiger partial charge >= 0.3 is 5.97 Å². The van der Waals surface area contributed by atoms with Gasteiger partial charge in [0.2, 0.25) is 0 Å². The van der Waals surface area contributed by atoms with Gasteiger partial charge in [0.05, 0.1) is 17.3 Å². The number of fused-ring (bicyclic) bond motifs is 1. The lowest BCUT2D eigenvalue weighted by molar-refractivity contribution is -0.152. The normalized spacial score (nSPS) is 11.6. The van der Waals surface area contributed by atoms with Crippen LogP contribution >= 0.6 is 0 Å². The van der Waals surface area contributed by atoms with Gasteiger partial charge in [-0.3, -0.25) is 9.20 Å². The van der Waals surface area contributed by atoms with Crippen LogP contribution in [0.3, 0.4) is 0 Å². The van der Waals surface area contributed by atoms with E-state index >= 15 is 0 Å². The van der Waals surface area contributed by atoms with Gasteiger partial charge in [0.1, 0.15) is 18.0 Å². The molecule has 0 aliphatic rings. The van der Waals surface area contributed by atoms with Gasteiger partial charge in [0, 0.05) is 12.3 Å². The van der Waals surface area contributed by atoms with Crippen LogP contribution in [0.4, 0.5) is 0 Å². The number of esters is 1. The van der Waals surface area contributed by atoms with Gasteiger partial charge in [-0.05, 0) is 49.7 Å². The van der Waals surface area contributed by atoms with Crippen molar-refractivity contribution in [2.45, 2.75) is 26.6 Å². The van der Waals surface area contributed by atoms with E-state index in [1.807, 2.05) is 19.1 Å². The van der Waals surface area contributed by atoms with E-state index in [9.17, 15) is 9.59 Å². The number of hydrogen-bond donors (Lipinski definition) is 0. The van der Waals surface area contributed by atoms with Crippen LogP contribution in [0.2, 0.25) is 0 Å². The van der Waals surface area contributed by atoms with Gasteiger partial charge in [-0.15, -0.1) is 0 Å². The quantitative estimate of drug-likeness (QED) is 0.646. The number of nitrogens with zero attached hydrogens (tertiary/aromatic N) is 3. The lowest BCUT2D eigenvalue weighted by Crippen LogP contribution is -2.26. The number of ether oxygens (including phenoxy) is 2. The number of hydrogen-bond acceptors (Lipinski definition) is 6. The van der Waals surface area contributed by atoms with Crippen molar-refractivity contribution in [3.05, 3.63) is 75.8 Å². The third kappa shape index (κ3) is 4.30. The van der Waals surface area contributed by atoms with Crippen molar-refractivity contribution in [2.24, 2.45) is 0 Å². The van der Waals surface area contributed by atoms with Crippen molar-refractivity contribution < 1.29 is 14.3 Å². The number of nitriles is 1. The number of aromatic nitrogens is 2. The van der Waals surface area contributed by atoms with E-state index in [0.717, 1.165) is 5.56 Å². The summed E-state index contributed by atoms with van der Waals surface area (Å²) in [5, 5.41) is 8.78. The molecular weight excluding hydrogens is 346 g/mol. The first-order valence-corrected chi connectivity index (χ1v) is 8.28. The van der Waals surface area contributed by atoms with E-state index in [-0.39, 0.29) is 12.2 Å². The molecule has 0 aliphatic heterocycles. The van der Waals surface area contributed by atoms with Crippen molar-refractivity contribution in [3.8, 4) is 11.8 Å². The highest BCUT2D eigenvalue weighted by molar-refractivity contribution is 5.74. The maximum absolute atomic E-state index is 12.2. The van der Waals surface area contributed by atoms with Crippen molar-refractivity contribution in [3.63, 3.8) is 0 Å². The Morgan fingerprint density at radius 1 is 1.26 bits per heavy atom. The van der Waals surface area contributed by atoms with E-state index in [2.05, 4.69) is 4.98 Å². The minimum absolute atomic E-state index is 0.125. The molecule has 0 fully saturated rings. The maximum atomic E-state index is 12.2. The second-order valence-electron chi connectivity index (χ2n) is 6.02. The average Bonchev–Trinajstić information content (AvgIpc) is 2.67. The highest BCUT2D eigenvalue weighted by atomic mass is 16.6. The minimum atomic E-state index is -0.845. The first kappa shape index (κ1) is 18.1. The van der Waals surface area contributed by atoms with Gasteiger partial charge in [-0.2, -0.15) is 5.26 Å². The summed E-state index contributed by atoms with van der Waals surface area (Å²) in [5.74, 6) is -0.124. The second-order valence-corrected chi connectivity index (χ2v) is 6.02. The average molecular weight is 363 g/mol. The molecule has 0 N–H and O–H groups in total. The zero-order chi connectivity index (χ0) is 19.4. The molecule has 7 heteroatoms. The van der Waals surface area contributed by atoms with Crippen molar-refractivity contribution >= 4 is 11.6 Å². The largest absolute Gasteiger partial charge is 0.479 e. The van der Waals surface area contributed by atoms with Crippen LogP contribution in [-0.2, 0) is 16.1 Å². The second kappa shape index (κ2) is 7.70. The Morgan fingerprint density at radius 3 is 2.70 bits per heavy atom. The summed E-state index contributed by atoms with van der Waals surface area (Å²) in [6.07, 6.45) is 0.857. The van der Waals surface area contributed by atoms with Crippen LogP contribution in [0.25, 0.3) is 5.65 Å². The van der Waals surface area contributed by atoms with Crippen molar-refractivity contribution in [1.82, 2.24) is 9.38 Å². The van der Waals surface area contributed by atoms with E-state index < -0.39 is 12.1 Å². The summed E-state index contributed by atoms with van der Waals surface area (Å²) >= 11 is 0. The van der Waals surface area contributed by atoms with Gasteiger partial charge in [-0.1, -0.05) is 6.07 Å². The predicted octanol–water partition coefficient (Wildman–Crippen LogP) is 2.39. The fraction of sp³-hybridized carbons (Fsp3) is 0.200. The lowest BCUT2D eigenvalue weighted by Gasteiger charge is -2.14. The van der Waals surface area contributed by atoms with Crippen LogP contribution in [0.5, 0.6) is 5.75 Å². The summed E-state index contributed by atoms with van der Waals surface area (Å²) in [6.45, 7) is 3.32. The van der Waals surface area contributed by atoms with E-state index in [0.29, 0.717) is 22.7 Å². The number of rotatable bonds is 5. The summed E-state index contributed by atoms with van der Waals surface area (Å²) < 4.78 is 12.2. The Kier molecular flexibility index (Phi) is 5.18. The van der Waals surface area contributed by atoms with Crippen molar-refractivity contribution in [2.75, 3.05) is 0 Å². The van der Waals surface area contributed by atoms with Crippen LogP contribution in [0, 0.1) is 18.3 Å². The Morgan fingerprint density at radius 2 is 2.00 bits per heavy atom. The molecule has 27 heavy (non-hydrogen) atoms. The molecule has 7 nitrogen and oxygen atoms in total. The molecule has 1 aromatic carbocycles. The summed E-state index contributed by atoms with van der Waals surface area (Å²) in [7, 11) is 0. The molecule has 0 saturated heterocycles. The zero-order valence-corrected chi connectivity index (χ0v) is 14.9. The highest BCUT2D eigenvalue weighted by Crippen LogP contribution is 2.14. The van der Waals surface area contributed by atoms with Crippen LogP contribution in [0.15, 0.2) is 53.5 Å². The lowest BCUT2D eigenvalue weighted by atomic mass is 10.2. The summed E-state index contributed by atoms with van der Waals surface area (Å²) in [6, 6.07) is 13.3. The SMILES string of the molecule is Cc1ccc2nc(COC(=O)[C@@H](C)Oc3ccc(C#N)cc3)cc(=O)n2c1. The first-order chi connectivity index (χ1) is 13.0. The monoisotopic (exact) mass is 363 g/mol. The molecule has 0 saturated carbocycles. The van der Waals surface area contributed by atoms with Crippen molar-refractivity contribution in [1.29, 1.82) is 5.26 Å². The molecule has 0 bridgehead atoms. The molecule has 2 heterocycles. The van der Waals surface area contributed by atoms with Crippen LogP contribution < -0.4 is 10.3 Å². The molecule has 136 valence electrons. The van der Waals surface area contributed by atoms with Gasteiger partial charge in [-0.25, -0.2) is 9.78 Å². The fourth-order valence-corrected chi connectivity index (χ4v) is 2.45. The number of carbonyl (C=O) groups excluding carboxylic acids is 1. The molecule has 3 aromatic rings. The summed E-state index contributed by atoms with van der Waals surface area (Å²) in [4.78, 5) is 28.6. The Balaban J connectivity index is 1.64. The molecule has 1 atom stereocenters. The third-order valence-electron chi connectivity index (χ3n) is 3.85.